The van der Waals surface area contributed by atoms with Crippen LogP contribution in [0.3, 0.4) is 0 Å². The summed E-state index contributed by atoms with van der Waals surface area (Å²) in [7, 11) is 0. The predicted molar refractivity (Wildman–Crippen MR) is 68.6 cm³/mol. The van der Waals surface area contributed by atoms with E-state index in [1.54, 1.807) is 0 Å². The summed E-state index contributed by atoms with van der Waals surface area (Å²) in [6, 6.07) is 0. The van der Waals surface area contributed by atoms with Crippen LogP contribution in [0, 0.1) is 11.8 Å². The van der Waals surface area contributed by atoms with Gasteiger partial charge in [-0.25, -0.2) is 4.68 Å². The molecule has 0 aliphatic heterocycles. The second kappa shape index (κ2) is 6.74. The summed E-state index contributed by atoms with van der Waals surface area (Å²) in [4.78, 5) is 0. The van der Waals surface area contributed by atoms with Gasteiger partial charge in [0.2, 0.25) is 0 Å². The summed E-state index contributed by atoms with van der Waals surface area (Å²) in [5, 5.41) is 17.5. The summed E-state index contributed by atoms with van der Waals surface area (Å²) < 4.78 is 1.97. The molecule has 0 aliphatic rings. The molecule has 0 aliphatic carbocycles. The van der Waals surface area contributed by atoms with Crippen LogP contribution in [0.5, 0.6) is 0 Å². The summed E-state index contributed by atoms with van der Waals surface area (Å²) in [5.74, 6) is 1.32. The lowest BCUT2D eigenvalue weighted by Gasteiger charge is -2.10. The number of nitrogens with zero attached hydrogens (tertiary/aromatic N) is 3. The Morgan fingerprint density at radius 1 is 1.12 bits per heavy atom. The number of hydrogen-bond donors (Lipinski definition) is 1. The van der Waals surface area contributed by atoms with Crippen molar-refractivity contribution in [1.29, 1.82) is 0 Å². The summed E-state index contributed by atoms with van der Waals surface area (Å²) in [6.07, 6.45) is 3.17. The fraction of sp³-hybridized carbons (Fsp3) is 0.846. The Hall–Kier alpha value is -0.900. The largest absolute Gasteiger partial charge is 0.390 e. The van der Waals surface area contributed by atoms with Gasteiger partial charge in [-0.1, -0.05) is 32.9 Å². The van der Waals surface area contributed by atoms with Crippen molar-refractivity contribution in [3.63, 3.8) is 0 Å². The maximum Gasteiger partial charge on any atom is 0.111 e. The molecule has 0 aromatic carbocycles. The Morgan fingerprint density at radius 2 is 1.76 bits per heavy atom. The molecular weight excluding hydrogens is 214 g/mol. The van der Waals surface area contributed by atoms with Crippen LogP contribution in [-0.4, -0.2) is 20.1 Å². The number of rotatable bonds is 7. The maximum atomic E-state index is 9.26. The first kappa shape index (κ1) is 14.2. The molecule has 1 aromatic rings. The lowest BCUT2D eigenvalue weighted by molar-refractivity contribution is 0.275. The van der Waals surface area contributed by atoms with Crippen LogP contribution in [0.1, 0.15) is 51.9 Å². The van der Waals surface area contributed by atoms with E-state index in [1.807, 2.05) is 4.68 Å². The molecule has 0 bridgehead atoms. The Balaban J connectivity index is 2.71. The molecule has 17 heavy (non-hydrogen) atoms. The van der Waals surface area contributed by atoms with Crippen LogP contribution in [-0.2, 0) is 19.6 Å². The van der Waals surface area contributed by atoms with E-state index >= 15 is 0 Å². The van der Waals surface area contributed by atoms with E-state index < -0.39 is 0 Å². The van der Waals surface area contributed by atoms with Crippen molar-refractivity contribution in [1.82, 2.24) is 15.0 Å². The maximum absolute atomic E-state index is 9.26. The molecular formula is C13H25N3O. The van der Waals surface area contributed by atoms with Gasteiger partial charge in [-0.3, -0.25) is 0 Å². The SMILES string of the molecule is CC(C)CCc1c(CO)nnn1CCC(C)C. The van der Waals surface area contributed by atoms with Crippen LogP contribution in [0.15, 0.2) is 0 Å². The Labute approximate surface area is 104 Å². The van der Waals surface area contributed by atoms with E-state index in [9.17, 15) is 5.11 Å². The first-order valence-electron chi connectivity index (χ1n) is 6.56. The molecule has 4 heteroatoms. The van der Waals surface area contributed by atoms with Crippen LogP contribution in [0.4, 0.5) is 0 Å². The lowest BCUT2D eigenvalue weighted by Crippen LogP contribution is -2.09. The normalized spacial score (nSPS) is 11.7. The zero-order chi connectivity index (χ0) is 12.8. The topological polar surface area (TPSA) is 50.9 Å². The highest BCUT2D eigenvalue weighted by atomic mass is 16.3. The van der Waals surface area contributed by atoms with Crippen molar-refractivity contribution in [3.05, 3.63) is 11.4 Å². The minimum absolute atomic E-state index is 0.00485. The first-order chi connectivity index (χ1) is 8.04. The molecule has 0 saturated heterocycles. The van der Waals surface area contributed by atoms with Crippen LogP contribution in [0.25, 0.3) is 0 Å². The molecule has 0 radical (unpaired) electrons. The molecule has 1 rings (SSSR count). The zero-order valence-electron chi connectivity index (χ0n) is 11.5. The van der Waals surface area contributed by atoms with Crippen molar-refractivity contribution in [3.8, 4) is 0 Å². The van der Waals surface area contributed by atoms with Gasteiger partial charge in [-0.2, -0.15) is 0 Å². The number of aliphatic hydroxyl groups is 1. The Kier molecular flexibility index (Phi) is 5.62. The van der Waals surface area contributed by atoms with Gasteiger partial charge in [0.15, 0.2) is 0 Å². The van der Waals surface area contributed by atoms with Crippen LogP contribution in [0.2, 0.25) is 0 Å². The highest BCUT2D eigenvalue weighted by Gasteiger charge is 2.12. The smallest absolute Gasteiger partial charge is 0.111 e. The second-order valence-corrected chi connectivity index (χ2v) is 5.48. The minimum Gasteiger partial charge on any atom is -0.390 e. The highest BCUT2D eigenvalue weighted by Crippen LogP contribution is 2.14. The lowest BCUT2D eigenvalue weighted by atomic mass is 10.1. The third-order valence-electron chi connectivity index (χ3n) is 2.94. The van der Waals surface area contributed by atoms with Crippen molar-refractivity contribution in [2.24, 2.45) is 11.8 Å². The first-order valence-corrected chi connectivity index (χ1v) is 6.56. The van der Waals surface area contributed by atoms with Crippen molar-refractivity contribution in [2.75, 3.05) is 0 Å². The number of aryl methyl sites for hydroxylation is 1. The van der Waals surface area contributed by atoms with E-state index in [0.717, 1.165) is 37.2 Å². The van der Waals surface area contributed by atoms with E-state index in [-0.39, 0.29) is 6.61 Å². The molecule has 0 amide bonds. The standard InChI is InChI=1S/C13H25N3O/c1-10(2)5-6-13-12(9-17)14-15-16(13)8-7-11(3)4/h10-11,17H,5-9H2,1-4H3. The van der Waals surface area contributed by atoms with Gasteiger partial charge in [-0.05, 0) is 31.1 Å². The molecule has 1 heterocycles. The molecule has 0 unspecified atom stereocenters. The van der Waals surface area contributed by atoms with E-state index in [4.69, 9.17) is 0 Å². The Bertz CT molecular complexity index is 331. The van der Waals surface area contributed by atoms with Crippen molar-refractivity contribution >= 4 is 0 Å². The van der Waals surface area contributed by atoms with Crippen LogP contribution < -0.4 is 0 Å². The van der Waals surface area contributed by atoms with Gasteiger partial charge >= 0.3 is 0 Å². The van der Waals surface area contributed by atoms with E-state index in [2.05, 4.69) is 38.0 Å². The third kappa shape index (κ3) is 4.46. The van der Waals surface area contributed by atoms with Gasteiger partial charge in [0, 0.05) is 6.54 Å². The summed E-state index contributed by atoms with van der Waals surface area (Å²) in [5.41, 5.74) is 1.86. The monoisotopic (exact) mass is 239 g/mol. The second-order valence-electron chi connectivity index (χ2n) is 5.48. The van der Waals surface area contributed by atoms with Gasteiger partial charge < -0.3 is 5.11 Å². The molecule has 98 valence electrons. The Morgan fingerprint density at radius 3 is 2.29 bits per heavy atom. The van der Waals surface area contributed by atoms with Gasteiger partial charge in [0.25, 0.3) is 0 Å². The van der Waals surface area contributed by atoms with E-state index in [1.165, 1.54) is 0 Å². The van der Waals surface area contributed by atoms with Gasteiger partial charge in [-0.15, -0.1) is 5.10 Å². The van der Waals surface area contributed by atoms with Gasteiger partial charge in [0.05, 0.1) is 12.3 Å². The molecule has 4 nitrogen and oxygen atoms in total. The van der Waals surface area contributed by atoms with Crippen molar-refractivity contribution in [2.45, 2.75) is 60.1 Å². The average molecular weight is 239 g/mol. The predicted octanol–water partition coefficient (Wildman–Crippen LogP) is 2.41. The quantitative estimate of drug-likeness (QED) is 0.795. The molecule has 0 saturated carbocycles. The van der Waals surface area contributed by atoms with Crippen molar-refractivity contribution < 1.29 is 5.11 Å². The third-order valence-corrected chi connectivity index (χ3v) is 2.94. The summed E-state index contributed by atoms with van der Waals surface area (Å²) >= 11 is 0. The average Bonchev–Trinajstić information content (AvgIpc) is 2.65. The number of aromatic nitrogens is 3. The molecule has 1 N–H and O–H groups in total. The molecule has 1 aromatic heterocycles. The number of hydrogen-bond acceptors (Lipinski definition) is 3. The number of aliphatic hydroxyl groups excluding tert-OH is 1. The minimum atomic E-state index is -0.00485. The van der Waals surface area contributed by atoms with E-state index in [0.29, 0.717) is 11.8 Å². The van der Waals surface area contributed by atoms with Gasteiger partial charge in [0.1, 0.15) is 5.69 Å². The molecule has 0 spiro atoms. The fourth-order valence-corrected chi connectivity index (χ4v) is 1.75. The summed E-state index contributed by atoms with van der Waals surface area (Å²) in [6.45, 7) is 9.73. The zero-order valence-corrected chi connectivity index (χ0v) is 11.5. The van der Waals surface area contributed by atoms with Crippen LogP contribution >= 0.6 is 0 Å². The molecule has 0 fully saturated rings. The molecule has 0 atom stereocenters. The fourth-order valence-electron chi connectivity index (χ4n) is 1.75. The highest BCUT2D eigenvalue weighted by molar-refractivity contribution is 5.09.